The fraction of sp³-hybridized carbons (Fsp3) is 0.571. The van der Waals surface area contributed by atoms with Crippen LogP contribution in [0.2, 0.25) is 0 Å². The van der Waals surface area contributed by atoms with Crippen LogP contribution < -0.4 is 0 Å². The summed E-state index contributed by atoms with van der Waals surface area (Å²) in [4.78, 5) is 9.06. The Morgan fingerprint density at radius 1 is 1.64 bits per heavy atom. The van der Waals surface area contributed by atoms with E-state index in [-0.39, 0.29) is 10.9 Å². The molecule has 0 aliphatic rings. The van der Waals surface area contributed by atoms with Crippen LogP contribution in [0, 0.1) is 0 Å². The highest BCUT2D eigenvalue weighted by molar-refractivity contribution is 9.09. The van der Waals surface area contributed by atoms with Crippen LogP contribution in [0.5, 0.6) is 0 Å². The molecule has 0 heterocycles. The van der Waals surface area contributed by atoms with Crippen molar-refractivity contribution in [3.05, 3.63) is 12.2 Å². The molecule has 0 fully saturated rings. The molecule has 5 nitrogen and oxygen atoms in total. The largest absolute Gasteiger partial charge is 0.436 e. The van der Waals surface area contributed by atoms with Gasteiger partial charge in [0.25, 0.3) is 0 Å². The maximum atomic E-state index is 11.0. The van der Waals surface area contributed by atoms with Crippen molar-refractivity contribution in [2.24, 2.45) is 0 Å². The highest BCUT2D eigenvalue weighted by atomic mass is 79.9. The van der Waals surface area contributed by atoms with E-state index < -0.39 is 21.0 Å². The molecule has 0 aromatic heterocycles. The molecule has 0 aromatic carbocycles. The van der Waals surface area contributed by atoms with Gasteiger partial charge in [-0.2, -0.15) is 8.42 Å². The van der Waals surface area contributed by atoms with Gasteiger partial charge >= 0.3 is 16.1 Å². The summed E-state index contributed by atoms with van der Waals surface area (Å²) in [6.45, 7) is 5.75. The van der Waals surface area contributed by atoms with Gasteiger partial charge in [-0.3, -0.25) is 4.55 Å². The number of hydrogen-bond acceptors (Lipinski definition) is 4. The average molecular weight is 287 g/mol. The maximum absolute atomic E-state index is 11.0. The Labute approximate surface area is 91.0 Å². The summed E-state index contributed by atoms with van der Waals surface area (Å²) in [5, 5.41) is -0.224. The molecule has 0 rings (SSSR count). The fourth-order valence-corrected chi connectivity index (χ4v) is 1.73. The fourth-order valence-electron chi connectivity index (χ4n) is 0.432. The highest BCUT2D eigenvalue weighted by Gasteiger charge is 2.41. The number of esters is 1. The zero-order chi connectivity index (χ0) is 11.6. The first-order valence-corrected chi connectivity index (χ1v) is 6.12. The normalized spacial score (nSPS) is 15.7. The van der Waals surface area contributed by atoms with Gasteiger partial charge in [0.05, 0.1) is 5.33 Å². The summed E-state index contributed by atoms with van der Waals surface area (Å²) < 4.78 is 35.1. The van der Waals surface area contributed by atoms with Gasteiger partial charge in [0.2, 0.25) is 4.93 Å². The van der Waals surface area contributed by atoms with Crippen LogP contribution in [0.15, 0.2) is 12.2 Å². The predicted octanol–water partition coefficient (Wildman–Crippen LogP) is 1.10. The van der Waals surface area contributed by atoms with Crippen LogP contribution in [0.1, 0.15) is 13.8 Å². The molecule has 1 atom stereocenters. The van der Waals surface area contributed by atoms with Gasteiger partial charge in [-0.25, -0.2) is 4.79 Å². The van der Waals surface area contributed by atoms with E-state index in [1.54, 1.807) is 0 Å². The molecule has 1 N–H and O–H groups in total. The Morgan fingerprint density at radius 2 is 2.07 bits per heavy atom. The van der Waals surface area contributed by atoms with Crippen LogP contribution in [-0.2, 0) is 19.6 Å². The molecule has 82 valence electrons. The van der Waals surface area contributed by atoms with Crippen molar-refractivity contribution in [3.63, 3.8) is 0 Å². The summed E-state index contributed by atoms with van der Waals surface area (Å²) in [6.07, 6.45) is 0. The number of halogens is 1. The van der Waals surface area contributed by atoms with Gasteiger partial charge in [0, 0.05) is 5.57 Å². The van der Waals surface area contributed by atoms with Crippen LogP contribution in [-0.4, -0.2) is 29.2 Å². The van der Waals surface area contributed by atoms with Gasteiger partial charge in [-0.15, -0.1) is 0 Å². The molecule has 0 radical (unpaired) electrons. The third kappa shape index (κ3) is 3.07. The van der Waals surface area contributed by atoms with Crippen LogP contribution in [0.3, 0.4) is 0 Å². The third-order valence-electron chi connectivity index (χ3n) is 1.45. The van der Waals surface area contributed by atoms with Crippen LogP contribution in [0.25, 0.3) is 0 Å². The van der Waals surface area contributed by atoms with Crippen LogP contribution >= 0.6 is 15.9 Å². The number of rotatable bonds is 4. The Hall–Kier alpha value is -0.400. The third-order valence-corrected chi connectivity index (χ3v) is 4.21. The van der Waals surface area contributed by atoms with Gasteiger partial charge < -0.3 is 4.74 Å². The van der Waals surface area contributed by atoms with E-state index in [1.807, 2.05) is 0 Å². The number of carbonyl (C=O) groups excluding carboxylic acids is 1. The smallest absolute Gasteiger partial charge is 0.334 e. The first-order chi connectivity index (χ1) is 6.14. The summed E-state index contributed by atoms with van der Waals surface area (Å²) >= 11 is 2.84. The van der Waals surface area contributed by atoms with Crippen LogP contribution in [0.4, 0.5) is 0 Å². The minimum absolute atomic E-state index is 0.0563. The van der Waals surface area contributed by atoms with Gasteiger partial charge in [0.15, 0.2) is 0 Å². The minimum atomic E-state index is -4.47. The molecule has 0 saturated carbocycles. The van der Waals surface area contributed by atoms with E-state index in [1.165, 1.54) is 6.92 Å². The zero-order valence-electron chi connectivity index (χ0n) is 7.78. The molecule has 14 heavy (non-hydrogen) atoms. The molecule has 0 aliphatic carbocycles. The summed E-state index contributed by atoms with van der Waals surface area (Å²) in [5.74, 6) is -0.871. The second kappa shape index (κ2) is 4.41. The lowest BCUT2D eigenvalue weighted by Gasteiger charge is -2.23. The van der Waals surface area contributed by atoms with Crippen molar-refractivity contribution in [2.75, 3.05) is 5.33 Å². The van der Waals surface area contributed by atoms with Gasteiger partial charge in [0.1, 0.15) is 0 Å². The quantitative estimate of drug-likeness (QED) is 0.362. The van der Waals surface area contributed by atoms with E-state index in [4.69, 9.17) is 4.55 Å². The molecule has 0 spiro atoms. The summed E-state index contributed by atoms with van der Waals surface area (Å²) in [5.41, 5.74) is 0.0563. The van der Waals surface area contributed by atoms with E-state index in [0.29, 0.717) is 0 Å². The number of carbonyl (C=O) groups is 1. The molecule has 0 amide bonds. The lowest BCUT2D eigenvalue weighted by molar-refractivity contribution is -0.145. The maximum Gasteiger partial charge on any atom is 0.334 e. The molecular formula is C7H11BrO5S. The summed E-state index contributed by atoms with van der Waals surface area (Å²) in [7, 11) is -4.47. The minimum Gasteiger partial charge on any atom is -0.436 e. The second-order valence-electron chi connectivity index (χ2n) is 2.91. The SMILES string of the molecule is C=C(C)C(=O)OC(C)(CBr)S(=O)(=O)O. The molecule has 1 unspecified atom stereocenters. The van der Waals surface area contributed by atoms with E-state index >= 15 is 0 Å². The number of alkyl halides is 1. The first-order valence-electron chi connectivity index (χ1n) is 3.56. The van der Waals surface area contributed by atoms with E-state index in [0.717, 1.165) is 6.92 Å². The molecule has 0 aliphatic heterocycles. The summed E-state index contributed by atoms with van der Waals surface area (Å²) in [6, 6.07) is 0. The standard InChI is InChI=1S/C7H11BrO5S/c1-5(2)6(9)13-7(3,4-8)14(10,11)12/h1,4H2,2-3H3,(H,10,11,12). The number of ether oxygens (including phenoxy) is 1. The Balaban J connectivity index is 4.93. The molecular weight excluding hydrogens is 276 g/mol. The molecule has 0 aromatic rings. The molecule has 0 bridgehead atoms. The predicted molar refractivity (Wildman–Crippen MR) is 54.7 cm³/mol. The van der Waals surface area contributed by atoms with Gasteiger partial charge in [-0.05, 0) is 13.8 Å². The Bertz CT molecular complexity index is 347. The second-order valence-corrected chi connectivity index (χ2v) is 5.29. The lowest BCUT2D eigenvalue weighted by atomic mass is 10.3. The first kappa shape index (κ1) is 13.6. The van der Waals surface area contributed by atoms with Crippen molar-refractivity contribution in [2.45, 2.75) is 18.8 Å². The van der Waals surface area contributed by atoms with Crippen molar-refractivity contribution >= 4 is 32.0 Å². The van der Waals surface area contributed by atoms with Crippen molar-refractivity contribution in [3.8, 4) is 0 Å². The topological polar surface area (TPSA) is 80.7 Å². The van der Waals surface area contributed by atoms with E-state index in [2.05, 4.69) is 27.2 Å². The monoisotopic (exact) mass is 286 g/mol. The average Bonchev–Trinajstić information content (AvgIpc) is 2.01. The van der Waals surface area contributed by atoms with Gasteiger partial charge in [-0.1, -0.05) is 22.5 Å². The zero-order valence-corrected chi connectivity index (χ0v) is 10.2. The van der Waals surface area contributed by atoms with E-state index in [9.17, 15) is 13.2 Å². The Morgan fingerprint density at radius 3 is 2.29 bits per heavy atom. The lowest BCUT2D eigenvalue weighted by Crippen LogP contribution is -2.41. The van der Waals surface area contributed by atoms with Crippen molar-refractivity contribution in [1.29, 1.82) is 0 Å². The highest BCUT2D eigenvalue weighted by Crippen LogP contribution is 2.21. The molecule has 0 saturated heterocycles. The molecule has 7 heteroatoms. The van der Waals surface area contributed by atoms with Crippen molar-refractivity contribution < 1.29 is 22.5 Å². The van der Waals surface area contributed by atoms with Crippen molar-refractivity contribution in [1.82, 2.24) is 0 Å². The Kier molecular flexibility index (Phi) is 4.29. The number of hydrogen-bond donors (Lipinski definition) is 1.